The quantitative estimate of drug-likeness (QED) is 0.666. The molecule has 2 rings (SSSR count). The maximum atomic E-state index is 4.04. The molecule has 0 saturated carbocycles. The summed E-state index contributed by atoms with van der Waals surface area (Å²) in [6.45, 7) is 2.03. The lowest BCUT2D eigenvalue weighted by Crippen LogP contribution is -1.90. The Morgan fingerprint density at radius 3 is 3.09 bits per heavy atom. The van der Waals surface area contributed by atoms with Crippen molar-refractivity contribution in [2.75, 3.05) is 0 Å². The zero-order chi connectivity index (χ0) is 7.84. The van der Waals surface area contributed by atoms with Gasteiger partial charge in [0, 0.05) is 6.20 Å². The lowest BCUT2D eigenvalue weighted by molar-refractivity contribution is 0.892. The van der Waals surface area contributed by atoms with Crippen LogP contribution in [0.3, 0.4) is 0 Å². The lowest BCUT2D eigenvalue weighted by atomic mass is 10.4. The second-order valence-corrected chi connectivity index (χ2v) is 3.15. The molecule has 0 saturated heterocycles. The number of hydrogen-bond donors (Lipinski definition) is 0. The third-order valence-corrected chi connectivity index (χ3v) is 2.11. The first-order valence-electron chi connectivity index (χ1n) is 3.23. The molecule has 4 heteroatoms. The zero-order valence-corrected chi connectivity index (χ0v) is 7.54. The highest BCUT2D eigenvalue weighted by Crippen LogP contribution is 2.15. The summed E-state index contributed by atoms with van der Waals surface area (Å²) in [6.07, 6.45) is 3.48. The van der Waals surface area contributed by atoms with E-state index in [-0.39, 0.29) is 0 Å². The molecule has 2 heterocycles. The minimum absolute atomic E-state index is 0.834. The molecule has 11 heavy (non-hydrogen) atoms. The first kappa shape index (κ1) is 6.79. The van der Waals surface area contributed by atoms with Gasteiger partial charge in [0.25, 0.3) is 0 Å². The van der Waals surface area contributed by atoms with Gasteiger partial charge in [0.05, 0.1) is 5.52 Å². The van der Waals surface area contributed by atoms with Crippen LogP contribution in [0.5, 0.6) is 0 Å². The van der Waals surface area contributed by atoms with Crippen molar-refractivity contribution in [2.45, 2.75) is 6.92 Å². The Morgan fingerprint density at radius 1 is 1.55 bits per heavy atom. The van der Waals surface area contributed by atoms with E-state index in [1.165, 1.54) is 11.9 Å². The summed E-state index contributed by atoms with van der Waals surface area (Å²) in [7, 11) is 0. The topological polar surface area (TPSA) is 30.2 Å². The summed E-state index contributed by atoms with van der Waals surface area (Å²) in [6, 6.07) is 2.03. The first-order valence-corrected chi connectivity index (χ1v) is 4.02. The third-order valence-electron chi connectivity index (χ3n) is 1.50. The van der Waals surface area contributed by atoms with Gasteiger partial charge in [-0.2, -0.15) is 5.10 Å². The second kappa shape index (κ2) is 2.30. The summed E-state index contributed by atoms with van der Waals surface area (Å²) >= 11 is 3.34. The lowest BCUT2D eigenvalue weighted by Gasteiger charge is -1.92. The van der Waals surface area contributed by atoms with Crippen LogP contribution in [-0.4, -0.2) is 14.6 Å². The fraction of sp³-hybridized carbons (Fsp3) is 0.143. The predicted octanol–water partition coefficient (Wildman–Crippen LogP) is 1.80. The van der Waals surface area contributed by atoms with Crippen molar-refractivity contribution in [1.29, 1.82) is 0 Å². The molecule has 0 bridgehead atoms. The molecular weight excluding hydrogens is 206 g/mol. The van der Waals surface area contributed by atoms with E-state index >= 15 is 0 Å². The van der Waals surface area contributed by atoms with Gasteiger partial charge in [-0.15, -0.1) is 0 Å². The summed E-state index contributed by atoms with van der Waals surface area (Å²) in [5.74, 6) is 0. The summed E-state index contributed by atoms with van der Waals surface area (Å²) in [5.41, 5.74) is 2.19. The molecule has 56 valence electrons. The van der Waals surface area contributed by atoms with Gasteiger partial charge in [-0.3, -0.25) is 0 Å². The fourth-order valence-corrected chi connectivity index (χ4v) is 1.42. The zero-order valence-electron chi connectivity index (χ0n) is 5.95. The molecule has 0 aliphatic rings. The van der Waals surface area contributed by atoms with Crippen LogP contribution in [0.1, 0.15) is 5.56 Å². The standard InChI is InChI=1S/C7H6BrN3/c1-5-2-6-7(8)9-4-10-11(6)3-5/h2-4H,1H3. The summed E-state index contributed by atoms with van der Waals surface area (Å²) in [5, 5.41) is 4.04. The smallest absolute Gasteiger partial charge is 0.137 e. The van der Waals surface area contributed by atoms with Crippen LogP contribution in [-0.2, 0) is 0 Å². The molecule has 0 aliphatic carbocycles. The number of hydrogen-bond acceptors (Lipinski definition) is 2. The van der Waals surface area contributed by atoms with E-state index in [4.69, 9.17) is 0 Å². The largest absolute Gasteiger partial charge is 0.237 e. The van der Waals surface area contributed by atoms with Gasteiger partial charge in [-0.05, 0) is 34.5 Å². The van der Waals surface area contributed by atoms with Crippen LogP contribution < -0.4 is 0 Å². The van der Waals surface area contributed by atoms with Crippen LogP contribution in [0.2, 0.25) is 0 Å². The highest BCUT2D eigenvalue weighted by atomic mass is 79.9. The molecule has 0 amide bonds. The monoisotopic (exact) mass is 211 g/mol. The van der Waals surface area contributed by atoms with Crippen molar-refractivity contribution in [3.8, 4) is 0 Å². The van der Waals surface area contributed by atoms with Crippen molar-refractivity contribution in [3.05, 3.63) is 28.8 Å². The van der Waals surface area contributed by atoms with E-state index in [0.29, 0.717) is 0 Å². The molecule has 0 N–H and O–H groups in total. The van der Waals surface area contributed by atoms with E-state index in [9.17, 15) is 0 Å². The molecule has 3 nitrogen and oxygen atoms in total. The predicted molar refractivity (Wildman–Crippen MR) is 45.4 cm³/mol. The summed E-state index contributed by atoms with van der Waals surface area (Å²) in [4.78, 5) is 4.01. The highest BCUT2D eigenvalue weighted by molar-refractivity contribution is 9.10. The van der Waals surface area contributed by atoms with E-state index < -0.39 is 0 Å². The maximum absolute atomic E-state index is 4.04. The fourth-order valence-electron chi connectivity index (χ4n) is 1.03. The Bertz CT molecular complexity index is 393. The van der Waals surface area contributed by atoms with Crippen LogP contribution in [0, 0.1) is 6.92 Å². The Kier molecular flexibility index (Phi) is 1.42. The van der Waals surface area contributed by atoms with Gasteiger partial charge in [0.1, 0.15) is 10.9 Å². The van der Waals surface area contributed by atoms with Gasteiger partial charge in [0.2, 0.25) is 0 Å². The number of halogens is 1. The number of nitrogens with zero attached hydrogens (tertiary/aromatic N) is 3. The molecule has 0 radical (unpaired) electrons. The van der Waals surface area contributed by atoms with Crippen molar-refractivity contribution >= 4 is 21.4 Å². The minimum atomic E-state index is 0.834. The van der Waals surface area contributed by atoms with Gasteiger partial charge in [-0.1, -0.05) is 0 Å². The average molecular weight is 212 g/mol. The first-order chi connectivity index (χ1) is 5.27. The van der Waals surface area contributed by atoms with Gasteiger partial charge < -0.3 is 0 Å². The third kappa shape index (κ3) is 1.03. The maximum Gasteiger partial charge on any atom is 0.137 e. The van der Waals surface area contributed by atoms with Gasteiger partial charge >= 0.3 is 0 Å². The Morgan fingerprint density at radius 2 is 2.36 bits per heavy atom. The Balaban J connectivity index is 2.90. The molecule has 0 atom stereocenters. The Labute approximate surface area is 72.2 Å². The molecule has 0 fully saturated rings. The van der Waals surface area contributed by atoms with E-state index in [2.05, 4.69) is 26.0 Å². The normalized spacial score (nSPS) is 10.7. The number of aromatic nitrogens is 3. The number of aryl methyl sites for hydroxylation is 1. The van der Waals surface area contributed by atoms with Crippen molar-refractivity contribution in [2.24, 2.45) is 0 Å². The SMILES string of the molecule is Cc1cc2c(Br)ncnn2c1. The molecule has 0 spiro atoms. The second-order valence-electron chi connectivity index (χ2n) is 2.40. The molecule has 0 unspecified atom stereocenters. The highest BCUT2D eigenvalue weighted by Gasteiger charge is 1.99. The molecular formula is C7H6BrN3. The number of fused-ring (bicyclic) bond motifs is 1. The van der Waals surface area contributed by atoms with Crippen molar-refractivity contribution in [1.82, 2.24) is 14.6 Å². The molecule has 2 aromatic rings. The van der Waals surface area contributed by atoms with Gasteiger partial charge in [0.15, 0.2) is 0 Å². The average Bonchev–Trinajstić information content (AvgIpc) is 2.31. The van der Waals surface area contributed by atoms with Crippen LogP contribution in [0.25, 0.3) is 5.52 Å². The van der Waals surface area contributed by atoms with Crippen molar-refractivity contribution in [3.63, 3.8) is 0 Å². The van der Waals surface area contributed by atoms with Crippen LogP contribution >= 0.6 is 15.9 Å². The van der Waals surface area contributed by atoms with Gasteiger partial charge in [-0.25, -0.2) is 9.50 Å². The van der Waals surface area contributed by atoms with Crippen LogP contribution in [0.4, 0.5) is 0 Å². The van der Waals surface area contributed by atoms with E-state index in [1.807, 2.05) is 19.2 Å². The molecule has 2 aromatic heterocycles. The van der Waals surface area contributed by atoms with E-state index in [0.717, 1.165) is 10.1 Å². The minimum Gasteiger partial charge on any atom is -0.237 e. The number of rotatable bonds is 0. The van der Waals surface area contributed by atoms with Crippen molar-refractivity contribution < 1.29 is 0 Å². The molecule has 0 aliphatic heterocycles. The Hall–Kier alpha value is -0.900. The van der Waals surface area contributed by atoms with E-state index in [1.54, 1.807) is 4.52 Å². The summed E-state index contributed by atoms with van der Waals surface area (Å²) < 4.78 is 2.63. The van der Waals surface area contributed by atoms with Crippen LogP contribution in [0.15, 0.2) is 23.2 Å². The molecule has 0 aromatic carbocycles.